The number of rotatable bonds is 6. The Kier molecular flexibility index (Phi) is 6.68. The highest BCUT2D eigenvalue weighted by atomic mass is 16.2. The Hall–Kier alpha value is -2.13. The smallest absolute Gasteiger partial charge is 0.225 e. The molecule has 2 aromatic carbocycles. The summed E-state index contributed by atoms with van der Waals surface area (Å²) >= 11 is 0. The largest absolute Gasteiger partial charge is 0.340 e. The fourth-order valence-corrected chi connectivity index (χ4v) is 4.09. The van der Waals surface area contributed by atoms with Crippen molar-refractivity contribution in [2.75, 3.05) is 26.2 Å². The van der Waals surface area contributed by atoms with E-state index in [-0.39, 0.29) is 12.0 Å². The molecule has 3 rings (SSSR count). The van der Waals surface area contributed by atoms with E-state index >= 15 is 0 Å². The first-order chi connectivity index (χ1) is 13.1. The van der Waals surface area contributed by atoms with Gasteiger partial charge in [0.2, 0.25) is 5.91 Å². The lowest BCUT2D eigenvalue weighted by atomic mass is 9.95. The van der Waals surface area contributed by atoms with Crippen molar-refractivity contribution in [1.29, 1.82) is 0 Å². The molecule has 0 aliphatic carbocycles. The van der Waals surface area contributed by atoms with Crippen LogP contribution >= 0.6 is 0 Å². The molecule has 1 fully saturated rings. The summed E-state index contributed by atoms with van der Waals surface area (Å²) in [4.78, 5) is 17.3. The molecule has 1 aliphatic heterocycles. The number of benzene rings is 2. The number of hydrogen-bond acceptors (Lipinski definition) is 2. The van der Waals surface area contributed by atoms with E-state index in [0.29, 0.717) is 5.91 Å². The van der Waals surface area contributed by atoms with Gasteiger partial charge >= 0.3 is 0 Å². The Balaban J connectivity index is 1.77. The molecule has 0 spiro atoms. The van der Waals surface area contributed by atoms with Crippen LogP contribution in [0.15, 0.2) is 54.6 Å². The molecule has 0 radical (unpaired) electrons. The highest BCUT2D eigenvalue weighted by Crippen LogP contribution is 2.30. The van der Waals surface area contributed by atoms with Crippen LogP contribution in [0.3, 0.4) is 0 Å². The maximum atomic E-state index is 12.7. The van der Waals surface area contributed by atoms with Gasteiger partial charge in [-0.25, -0.2) is 0 Å². The molecule has 1 atom stereocenters. The number of nitrogens with zero attached hydrogens (tertiary/aromatic N) is 2. The van der Waals surface area contributed by atoms with E-state index in [1.165, 1.54) is 16.7 Å². The van der Waals surface area contributed by atoms with Crippen LogP contribution in [0.4, 0.5) is 0 Å². The van der Waals surface area contributed by atoms with Crippen LogP contribution < -0.4 is 0 Å². The quantitative estimate of drug-likeness (QED) is 0.744. The zero-order valence-corrected chi connectivity index (χ0v) is 16.9. The highest BCUT2D eigenvalue weighted by Gasteiger charge is 2.29. The Bertz CT molecular complexity index is 714. The van der Waals surface area contributed by atoms with Gasteiger partial charge in [-0.3, -0.25) is 9.69 Å². The molecule has 144 valence electrons. The molecule has 0 N–H and O–H groups in total. The molecular formula is C24H32N2O. The van der Waals surface area contributed by atoms with Crippen LogP contribution in [0.5, 0.6) is 0 Å². The average molecular weight is 365 g/mol. The van der Waals surface area contributed by atoms with Crippen molar-refractivity contribution < 1.29 is 4.79 Å². The molecular weight excluding hydrogens is 332 g/mol. The summed E-state index contributed by atoms with van der Waals surface area (Å²) in [6.45, 7) is 9.84. The van der Waals surface area contributed by atoms with E-state index in [4.69, 9.17) is 0 Å². The van der Waals surface area contributed by atoms with Gasteiger partial charge in [0.25, 0.3) is 0 Å². The molecule has 0 aromatic heterocycles. The first kappa shape index (κ1) is 19.6. The molecule has 0 bridgehead atoms. The summed E-state index contributed by atoms with van der Waals surface area (Å²) in [5, 5.41) is 0. The Morgan fingerprint density at radius 2 is 1.41 bits per heavy atom. The molecule has 2 aromatic rings. The number of carbonyl (C=O) groups is 1. The summed E-state index contributed by atoms with van der Waals surface area (Å²) in [5.74, 6) is 0.518. The van der Waals surface area contributed by atoms with Gasteiger partial charge in [-0.05, 0) is 30.9 Å². The number of piperazine rings is 1. The SMILES string of the molecule is CCC(CC)C(=O)N1CCN(C(c2ccccc2)c2ccc(C)cc2)CC1. The van der Waals surface area contributed by atoms with E-state index in [0.717, 1.165) is 39.0 Å². The second kappa shape index (κ2) is 9.18. The molecule has 0 saturated carbocycles. The van der Waals surface area contributed by atoms with Crippen LogP contribution in [-0.2, 0) is 4.79 Å². The number of carbonyl (C=O) groups excluding carboxylic acids is 1. The maximum absolute atomic E-state index is 12.7. The molecule has 3 nitrogen and oxygen atoms in total. The first-order valence-corrected chi connectivity index (χ1v) is 10.3. The summed E-state index contributed by atoms with van der Waals surface area (Å²) in [5.41, 5.74) is 3.93. The van der Waals surface area contributed by atoms with E-state index in [1.54, 1.807) is 0 Å². The normalized spacial score (nSPS) is 16.5. The van der Waals surface area contributed by atoms with Crippen molar-refractivity contribution in [3.8, 4) is 0 Å². The van der Waals surface area contributed by atoms with E-state index in [2.05, 4.69) is 85.2 Å². The fraction of sp³-hybridized carbons (Fsp3) is 0.458. The van der Waals surface area contributed by atoms with Crippen molar-refractivity contribution in [3.63, 3.8) is 0 Å². The second-order valence-electron chi connectivity index (χ2n) is 7.60. The minimum Gasteiger partial charge on any atom is -0.340 e. The minimum atomic E-state index is 0.179. The van der Waals surface area contributed by atoms with Gasteiger partial charge in [0.05, 0.1) is 6.04 Å². The van der Waals surface area contributed by atoms with Crippen molar-refractivity contribution in [3.05, 3.63) is 71.3 Å². The zero-order valence-electron chi connectivity index (χ0n) is 16.9. The lowest BCUT2D eigenvalue weighted by Gasteiger charge is -2.40. The van der Waals surface area contributed by atoms with Gasteiger partial charge in [-0.1, -0.05) is 74.0 Å². The molecule has 1 unspecified atom stereocenters. The topological polar surface area (TPSA) is 23.6 Å². The van der Waals surface area contributed by atoms with Gasteiger partial charge in [0, 0.05) is 32.1 Å². The van der Waals surface area contributed by atoms with Crippen LogP contribution in [-0.4, -0.2) is 41.9 Å². The fourth-order valence-electron chi connectivity index (χ4n) is 4.09. The second-order valence-corrected chi connectivity index (χ2v) is 7.60. The highest BCUT2D eigenvalue weighted by molar-refractivity contribution is 5.78. The first-order valence-electron chi connectivity index (χ1n) is 10.3. The number of aryl methyl sites for hydroxylation is 1. The maximum Gasteiger partial charge on any atom is 0.225 e. The van der Waals surface area contributed by atoms with Gasteiger partial charge < -0.3 is 4.90 Å². The van der Waals surface area contributed by atoms with Gasteiger partial charge in [-0.15, -0.1) is 0 Å². The van der Waals surface area contributed by atoms with Crippen molar-refractivity contribution in [2.45, 2.75) is 39.7 Å². The molecule has 1 amide bonds. The van der Waals surface area contributed by atoms with Crippen molar-refractivity contribution in [2.24, 2.45) is 5.92 Å². The Morgan fingerprint density at radius 1 is 0.852 bits per heavy atom. The van der Waals surface area contributed by atoms with Crippen LogP contribution in [0, 0.1) is 12.8 Å². The zero-order chi connectivity index (χ0) is 19.2. The van der Waals surface area contributed by atoms with Gasteiger partial charge in [0.1, 0.15) is 0 Å². The Labute approximate surface area is 164 Å². The summed E-state index contributed by atoms with van der Waals surface area (Å²) in [7, 11) is 0. The predicted octanol–water partition coefficient (Wildman–Crippen LogP) is 4.66. The average Bonchev–Trinajstić information content (AvgIpc) is 2.72. The third kappa shape index (κ3) is 4.59. The van der Waals surface area contributed by atoms with Crippen molar-refractivity contribution >= 4 is 5.91 Å². The molecule has 1 heterocycles. The molecule has 1 aliphatic rings. The monoisotopic (exact) mass is 364 g/mol. The predicted molar refractivity (Wildman–Crippen MR) is 112 cm³/mol. The van der Waals surface area contributed by atoms with Gasteiger partial charge in [-0.2, -0.15) is 0 Å². The van der Waals surface area contributed by atoms with Crippen LogP contribution in [0.1, 0.15) is 49.4 Å². The summed E-state index contributed by atoms with van der Waals surface area (Å²) in [6, 6.07) is 19.9. The van der Waals surface area contributed by atoms with Crippen molar-refractivity contribution in [1.82, 2.24) is 9.80 Å². The molecule has 3 heteroatoms. The van der Waals surface area contributed by atoms with E-state index in [1.807, 2.05) is 0 Å². The number of hydrogen-bond donors (Lipinski definition) is 0. The third-order valence-corrected chi connectivity index (χ3v) is 5.83. The van der Waals surface area contributed by atoms with E-state index in [9.17, 15) is 4.79 Å². The summed E-state index contributed by atoms with van der Waals surface area (Å²) in [6.07, 6.45) is 1.87. The lowest BCUT2D eigenvalue weighted by Crippen LogP contribution is -2.51. The molecule has 1 saturated heterocycles. The Morgan fingerprint density at radius 3 is 1.96 bits per heavy atom. The van der Waals surface area contributed by atoms with E-state index < -0.39 is 0 Å². The standard InChI is InChI=1S/C24H32N2O/c1-4-20(5-2)24(27)26-17-15-25(16-18-26)23(21-9-7-6-8-10-21)22-13-11-19(3)12-14-22/h6-14,20,23H,4-5,15-18H2,1-3H3. The number of amides is 1. The van der Waals surface area contributed by atoms with Crippen LogP contribution in [0.25, 0.3) is 0 Å². The van der Waals surface area contributed by atoms with Gasteiger partial charge in [0.15, 0.2) is 0 Å². The third-order valence-electron chi connectivity index (χ3n) is 5.83. The molecule has 27 heavy (non-hydrogen) atoms. The van der Waals surface area contributed by atoms with Crippen LogP contribution in [0.2, 0.25) is 0 Å². The lowest BCUT2D eigenvalue weighted by molar-refractivity contribution is -0.137. The summed E-state index contributed by atoms with van der Waals surface area (Å²) < 4.78 is 0. The minimum absolute atomic E-state index is 0.179.